The minimum Gasteiger partial charge on any atom is -0.507 e. The maximum absolute atomic E-state index is 12.5. The number of aliphatic hydroxyl groups excluding tert-OH is 1. The molecule has 63 heavy (non-hydrogen) atoms. The Morgan fingerprint density at radius 1 is 0.857 bits per heavy atom. The first-order chi connectivity index (χ1) is 30.1. The van der Waals surface area contributed by atoms with Gasteiger partial charge in [0.25, 0.3) is 0 Å². The third-order valence-corrected chi connectivity index (χ3v) is 11.8. The van der Waals surface area contributed by atoms with Crippen molar-refractivity contribution < 1.29 is 19.7 Å². The van der Waals surface area contributed by atoms with Crippen LogP contribution in [0.2, 0.25) is 0 Å². The summed E-state index contributed by atoms with van der Waals surface area (Å²) < 4.78 is 12.9. The maximum Gasteiger partial charge on any atom is 0.131 e. The first-order valence-electron chi connectivity index (χ1n) is 22.4. The number of aryl methyl sites for hydroxylation is 1. The van der Waals surface area contributed by atoms with Crippen LogP contribution in [-0.4, -0.2) is 23.4 Å². The second kappa shape index (κ2) is 21.7. The van der Waals surface area contributed by atoms with Crippen molar-refractivity contribution in [3.05, 3.63) is 208 Å². The van der Waals surface area contributed by atoms with Crippen LogP contribution in [0.3, 0.4) is 0 Å². The van der Waals surface area contributed by atoms with Crippen LogP contribution >= 0.6 is 0 Å². The number of hydrogen-bond acceptors (Lipinski definition) is 4. The molecule has 0 spiro atoms. The zero-order valence-corrected chi connectivity index (χ0v) is 39.4. The van der Waals surface area contributed by atoms with Crippen LogP contribution in [-0.2, 0) is 5.41 Å². The van der Waals surface area contributed by atoms with E-state index >= 15 is 0 Å². The third-order valence-electron chi connectivity index (χ3n) is 11.8. The van der Waals surface area contributed by atoms with Gasteiger partial charge in [-0.1, -0.05) is 157 Å². The van der Waals surface area contributed by atoms with E-state index in [4.69, 9.17) is 9.47 Å². The van der Waals surface area contributed by atoms with Gasteiger partial charge in [-0.2, -0.15) is 0 Å². The molecule has 0 saturated heterocycles. The summed E-state index contributed by atoms with van der Waals surface area (Å²) >= 11 is 0. The molecule has 4 aromatic rings. The highest BCUT2D eigenvalue weighted by atomic mass is 16.5. The molecule has 0 bridgehead atoms. The Morgan fingerprint density at radius 3 is 2.13 bits per heavy atom. The molecule has 5 rings (SSSR count). The van der Waals surface area contributed by atoms with Crippen LogP contribution in [0.4, 0.5) is 0 Å². The van der Waals surface area contributed by atoms with Gasteiger partial charge in [0, 0.05) is 45.4 Å². The molecule has 0 amide bonds. The predicted octanol–water partition coefficient (Wildman–Crippen LogP) is 16.1. The molecule has 1 unspecified atom stereocenters. The molecule has 328 valence electrons. The highest BCUT2D eigenvalue weighted by Crippen LogP contribution is 2.46. The van der Waals surface area contributed by atoms with Crippen molar-refractivity contribution >= 4 is 11.1 Å². The van der Waals surface area contributed by atoms with Crippen molar-refractivity contribution in [2.75, 3.05) is 13.2 Å². The molecular weight excluding hydrogens is 773 g/mol. The van der Waals surface area contributed by atoms with Gasteiger partial charge in [-0.3, -0.25) is 0 Å². The average Bonchev–Trinajstić information content (AvgIpc) is 3.26. The lowest BCUT2D eigenvalue weighted by atomic mass is 9.79. The van der Waals surface area contributed by atoms with Gasteiger partial charge < -0.3 is 19.7 Å². The van der Waals surface area contributed by atoms with E-state index in [0.717, 1.165) is 90.8 Å². The van der Waals surface area contributed by atoms with Gasteiger partial charge in [0.05, 0.1) is 13.2 Å². The fraction of sp³-hybridized carbons (Fsp3) is 0.288. The minimum atomic E-state index is -0.215. The summed E-state index contributed by atoms with van der Waals surface area (Å²) in [5, 5.41) is 24.3. The maximum atomic E-state index is 12.5. The molecule has 0 radical (unpaired) electrons. The number of ether oxygens (including phenoxy) is 2. The molecular formula is C59H68O4. The van der Waals surface area contributed by atoms with Crippen molar-refractivity contribution in [1.29, 1.82) is 0 Å². The van der Waals surface area contributed by atoms with E-state index in [2.05, 4.69) is 116 Å². The van der Waals surface area contributed by atoms with Gasteiger partial charge in [0.2, 0.25) is 0 Å². The lowest BCUT2D eigenvalue weighted by Gasteiger charge is -2.26. The summed E-state index contributed by atoms with van der Waals surface area (Å²) in [6.45, 7) is 30.2. The summed E-state index contributed by atoms with van der Waals surface area (Å²) in [6.07, 6.45) is 16.8. The summed E-state index contributed by atoms with van der Waals surface area (Å²) in [6, 6.07) is 28.4. The van der Waals surface area contributed by atoms with Crippen molar-refractivity contribution in [2.45, 2.75) is 93.9 Å². The second-order valence-electron chi connectivity index (χ2n) is 17.5. The predicted molar refractivity (Wildman–Crippen MR) is 269 cm³/mol. The van der Waals surface area contributed by atoms with Crippen LogP contribution in [0.25, 0.3) is 22.3 Å². The molecule has 1 aliphatic carbocycles. The van der Waals surface area contributed by atoms with Gasteiger partial charge >= 0.3 is 0 Å². The highest BCUT2D eigenvalue weighted by Gasteiger charge is 2.27. The molecule has 1 aliphatic rings. The Bertz CT molecular complexity index is 2540. The van der Waals surface area contributed by atoms with E-state index in [9.17, 15) is 10.2 Å². The van der Waals surface area contributed by atoms with Crippen LogP contribution < -0.4 is 9.47 Å². The van der Waals surface area contributed by atoms with E-state index in [1.165, 1.54) is 0 Å². The number of rotatable bonds is 17. The second-order valence-corrected chi connectivity index (χ2v) is 17.5. The number of benzene rings is 4. The fourth-order valence-electron chi connectivity index (χ4n) is 8.25. The van der Waals surface area contributed by atoms with E-state index < -0.39 is 0 Å². The number of hydrogen-bond donors (Lipinski definition) is 2. The van der Waals surface area contributed by atoms with E-state index in [1.807, 2.05) is 87.5 Å². The Kier molecular flexibility index (Phi) is 16.5. The van der Waals surface area contributed by atoms with Crippen molar-refractivity contribution in [2.24, 2.45) is 5.92 Å². The van der Waals surface area contributed by atoms with Crippen LogP contribution in [0.1, 0.15) is 109 Å². The lowest BCUT2D eigenvalue weighted by Crippen LogP contribution is -2.12. The molecule has 0 aliphatic heterocycles. The number of aromatic hydroxyl groups is 1. The SMILES string of the molecule is C=C/C=C\C1=CCC(C)C(C(=C/C)/C(O)=C(\C)c2ccccc2OCCCOc2ccccc2-c2cc(C(C)(C)C)cc(/C(=C(\C=C/CC)C(=C)C)c3ccccc3C)c2O)=C1C. The largest absolute Gasteiger partial charge is 0.507 e. The van der Waals surface area contributed by atoms with Gasteiger partial charge in [-0.15, -0.1) is 0 Å². The standard InChI is InChI=1S/C59H68O4/c1-13-16-26-44-34-33-41(7)55(42(44)8)46(15-3)57(60)43(9)49-29-20-22-31-53(49)62-35-24-36-63-54-32-23-21-30-50(54)51-37-45(59(10,11)12)38-52(58(51)61)56(47(39(4)5)27-17-14-2)48-28-19-18-25-40(48)6/h13,15-23,25-32,34,37-38,41,60-61H,1,4,14,24,33,35-36H2,2-3,5-12H3/b26-16-,27-17-,46-15-,56-47+,57-43-. The zero-order valence-electron chi connectivity index (χ0n) is 39.4. The molecule has 0 saturated carbocycles. The molecule has 0 heterocycles. The summed E-state index contributed by atoms with van der Waals surface area (Å²) in [4.78, 5) is 0. The molecule has 0 fully saturated rings. The first kappa shape index (κ1) is 47.8. The van der Waals surface area contributed by atoms with Crippen LogP contribution in [0.15, 0.2) is 180 Å². The molecule has 0 aromatic heterocycles. The Balaban J connectivity index is 1.44. The van der Waals surface area contributed by atoms with Crippen molar-refractivity contribution in [1.82, 2.24) is 0 Å². The summed E-state index contributed by atoms with van der Waals surface area (Å²) in [5.41, 5.74) is 14.1. The smallest absolute Gasteiger partial charge is 0.131 e. The molecule has 4 heteroatoms. The van der Waals surface area contributed by atoms with Gasteiger partial charge in [-0.25, -0.2) is 0 Å². The Labute approximate surface area is 378 Å². The Morgan fingerprint density at radius 2 is 1.49 bits per heavy atom. The number of phenolic OH excluding ortho intramolecular Hbond substituents is 1. The third kappa shape index (κ3) is 11.2. The van der Waals surface area contributed by atoms with Gasteiger partial charge in [-0.05, 0) is 122 Å². The first-order valence-corrected chi connectivity index (χ1v) is 22.4. The van der Waals surface area contributed by atoms with E-state index in [-0.39, 0.29) is 22.8 Å². The fourth-order valence-corrected chi connectivity index (χ4v) is 8.25. The molecule has 4 aromatic carbocycles. The Hall–Kier alpha value is -6.26. The average molecular weight is 841 g/mol. The van der Waals surface area contributed by atoms with Gasteiger partial charge in [0.1, 0.15) is 23.0 Å². The molecule has 2 N–H and O–H groups in total. The molecule has 4 nitrogen and oxygen atoms in total. The lowest BCUT2D eigenvalue weighted by molar-refractivity contribution is 0.247. The highest BCUT2D eigenvalue weighted by molar-refractivity contribution is 5.93. The topological polar surface area (TPSA) is 58.9 Å². The van der Waals surface area contributed by atoms with Crippen molar-refractivity contribution in [3.8, 4) is 28.4 Å². The number of phenols is 1. The van der Waals surface area contributed by atoms with E-state index in [0.29, 0.717) is 36.7 Å². The summed E-state index contributed by atoms with van der Waals surface area (Å²) in [7, 11) is 0. The monoisotopic (exact) mass is 841 g/mol. The van der Waals surface area contributed by atoms with Crippen molar-refractivity contribution in [3.63, 3.8) is 0 Å². The quantitative estimate of drug-likeness (QED) is 0.0632. The number of para-hydroxylation sites is 2. The minimum absolute atomic E-state index is 0.194. The normalized spacial score (nSPS) is 15.6. The summed E-state index contributed by atoms with van der Waals surface area (Å²) in [5.74, 6) is 2.08. The van der Waals surface area contributed by atoms with Crippen LogP contribution in [0, 0.1) is 12.8 Å². The van der Waals surface area contributed by atoms with E-state index in [1.54, 1.807) is 6.08 Å². The number of aliphatic hydroxyl groups is 1. The van der Waals surface area contributed by atoms with Crippen LogP contribution in [0.5, 0.6) is 17.2 Å². The zero-order chi connectivity index (χ0) is 45.8. The number of allylic oxidation sites excluding steroid dienone is 13. The van der Waals surface area contributed by atoms with Gasteiger partial charge in [0.15, 0.2) is 0 Å². The molecule has 1 atom stereocenters.